The highest BCUT2D eigenvalue weighted by molar-refractivity contribution is 7.84. The van der Waals surface area contributed by atoms with Crippen molar-refractivity contribution in [1.82, 2.24) is 9.97 Å². The summed E-state index contributed by atoms with van der Waals surface area (Å²) in [7, 11) is 1.08. The van der Waals surface area contributed by atoms with Crippen LogP contribution in [-0.2, 0) is 10.8 Å². The van der Waals surface area contributed by atoms with Gasteiger partial charge in [-0.25, -0.2) is 9.97 Å². The van der Waals surface area contributed by atoms with Gasteiger partial charge < -0.3 is 10.6 Å². The van der Waals surface area contributed by atoms with Gasteiger partial charge in [-0.2, -0.15) is 0 Å². The van der Waals surface area contributed by atoms with Gasteiger partial charge >= 0.3 is 0 Å². The first-order valence-corrected chi connectivity index (χ1v) is 7.52. The number of anilines is 2. The smallest absolute Gasteiger partial charge is 0.136 e. The minimum atomic E-state index is -0.770. The van der Waals surface area contributed by atoms with Gasteiger partial charge in [-0.05, 0) is 12.8 Å². The summed E-state index contributed by atoms with van der Waals surface area (Å²) in [5.74, 6) is 3.73. The van der Waals surface area contributed by atoms with Crippen molar-refractivity contribution in [3.8, 4) is 0 Å². The lowest BCUT2D eigenvalue weighted by atomic mass is 10.3. The van der Waals surface area contributed by atoms with Crippen molar-refractivity contribution in [3.05, 3.63) is 11.9 Å². The Morgan fingerprint density at radius 1 is 1.41 bits per heavy atom. The third-order valence-electron chi connectivity index (χ3n) is 2.64. The average molecular weight is 254 g/mol. The van der Waals surface area contributed by atoms with E-state index in [0.29, 0.717) is 18.2 Å². The summed E-state index contributed by atoms with van der Waals surface area (Å²) >= 11 is 0. The highest BCUT2D eigenvalue weighted by Crippen LogP contribution is 2.38. The lowest BCUT2D eigenvalue weighted by Crippen LogP contribution is -2.12. The van der Waals surface area contributed by atoms with Gasteiger partial charge in [0.25, 0.3) is 0 Å². The van der Waals surface area contributed by atoms with E-state index in [0.717, 1.165) is 17.5 Å². The summed E-state index contributed by atoms with van der Waals surface area (Å²) < 4.78 is 11.0. The fourth-order valence-corrected chi connectivity index (χ4v) is 1.92. The molecule has 17 heavy (non-hydrogen) atoms. The molecule has 0 aromatic carbocycles. The zero-order valence-corrected chi connectivity index (χ0v) is 11.0. The molecule has 1 heterocycles. The Bertz CT molecular complexity index is 420. The number of hydrogen-bond donors (Lipinski definition) is 2. The van der Waals surface area contributed by atoms with Crippen molar-refractivity contribution in [1.29, 1.82) is 0 Å². The number of hydrogen-bond acceptors (Lipinski definition) is 5. The second-order valence-electron chi connectivity index (χ2n) is 4.22. The van der Waals surface area contributed by atoms with Crippen molar-refractivity contribution in [2.45, 2.75) is 18.8 Å². The van der Waals surface area contributed by atoms with Gasteiger partial charge in [0.05, 0.1) is 0 Å². The van der Waals surface area contributed by atoms with Crippen LogP contribution in [0.2, 0.25) is 0 Å². The second kappa shape index (κ2) is 5.44. The quantitative estimate of drug-likeness (QED) is 0.798. The minimum absolute atomic E-state index is 0.532. The lowest BCUT2D eigenvalue weighted by Gasteiger charge is -2.08. The van der Waals surface area contributed by atoms with Gasteiger partial charge in [-0.1, -0.05) is 0 Å². The van der Waals surface area contributed by atoms with Crippen molar-refractivity contribution in [2.75, 3.05) is 36.2 Å². The average Bonchev–Trinajstić information content (AvgIpc) is 3.12. The molecule has 94 valence electrons. The molecule has 1 fully saturated rings. The van der Waals surface area contributed by atoms with E-state index < -0.39 is 10.8 Å². The third-order valence-corrected chi connectivity index (χ3v) is 3.42. The van der Waals surface area contributed by atoms with Crippen molar-refractivity contribution >= 4 is 22.4 Å². The van der Waals surface area contributed by atoms with Crippen LogP contribution in [0.4, 0.5) is 11.6 Å². The molecule has 2 N–H and O–H groups in total. The predicted octanol–water partition coefficient (Wildman–Crippen LogP) is 1.19. The number of rotatable bonds is 6. The molecule has 0 saturated heterocycles. The number of nitrogens with zero attached hydrogens (tertiary/aromatic N) is 2. The van der Waals surface area contributed by atoms with Crippen LogP contribution < -0.4 is 10.6 Å². The molecule has 0 bridgehead atoms. The molecular weight excluding hydrogens is 236 g/mol. The van der Waals surface area contributed by atoms with E-state index in [2.05, 4.69) is 20.6 Å². The first-order valence-electron chi connectivity index (χ1n) is 5.79. The molecule has 0 amide bonds. The van der Waals surface area contributed by atoms with E-state index in [1.54, 1.807) is 6.26 Å². The van der Waals surface area contributed by atoms with E-state index in [1.807, 2.05) is 13.1 Å². The summed E-state index contributed by atoms with van der Waals surface area (Å²) in [6.45, 7) is 0.674. The van der Waals surface area contributed by atoms with Gasteiger partial charge in [0.15, 0.2) is 0 Å². The maximum absolute atomic E-state index is 11.0. The molecular formula is C11H18N4OS. The van der Waals surface area contributed by atoms with Crippen LogP contribution >= 0.6 is 0 Å². The number of aromatic nitrogens is 2. The SMILES string of the molecule is CNc1cc(NCCS(C)=O)nc(C2CC2)n1. The van der Waals surface area contributed by atoms with Crippen LogP contribution in [0.1, 0.15) is 24.6 Å². The van der Waals surface area contributed by atoms with Gasteiger partial charge in [0.2, 0.25) is 0 Å². The Balaban J connectivity index is 2.04. The van der Waals surface area contributed by atoms with E-state index in [4.69, 9.17) is 0 Å². The Hall–Kier alpha value is -1.17. The third kappa shape index (κ3) is 3.66. The second-order valence-corrected chi connectivity index (χ2v) is 5.78. The zero-order valence-electron chi connectivity index (χ0n) is 10.2. The maximum atomic E-state index is 11.0. The van der Waals surface area contributed by atoms with E-state index in [1.165, 1.54) is 12.8 Å². The molecule has 1 unspecified atom stereocenters. The molecule has 0 aliphatic heterocycles. The number of nitrogens with one attached hydrogen (secondary N) is 2. The van der Waals surface area contributed by atoms with Gasteiger partial charge in [-0.15, -0.1) is 0 Å². The molecule has 1 aliphatic carbocycles. The van der Waals surface area contributed by atoms with Gasteiger partial charge in [-0.3, -0.25) is 4.21 Å². The first kappa shape index (κ1) is 12.3. The molecule has 1 aromatic heterocycles. The van der Waals surface area contributed by atoms with Crippen molar-refractivity contribution in [2.24, 2.45) is 0 Å². The van der Waals surface area contributed by atoms with Crippen LogP contribution in [0.25, 0.3) is 0 Å². The Morgan fingerprint density at radius 3 is 2.71 bits per heavy atom. The van der Waals surface area contributed by atoms with E-state index in [9.17, 15) is 4.21 Å². The fourth-order valence-electron chi connectivity index (χ4n) is 1.53. The van der Waals surface area contributed by atoms with Crippen LogP contribution in [0.5, 0.6) is 0 Å². The zero-order chi connectivity index (χ0) is 12.3. The van der Waals surface area contributed by atoms with E-state index in [-0.39, 0.29) is 0 Å². The molecule has 2 rings (SSSR count). The fraction of sp³-hybridized carbons (Fsp3) is 0.636. The van der Waals surface area contributed by atoms with Crippen LogP contribution in [0, 0.1) is 0 Å². The molecule has 1 aliphatic rings. The normalized spacial score (nSPS) is 16.6. The Morgan fingerprint density at radius 2 is 2.12 bits per heavy atom. The van der Waals surface area contributed by atoms with Crippen molar-refractivity contribution in [3.63, 3.8) is 0 Å². The largest absolute Gasteiger partial charge is 0.373 e. The summed E-state index contributed by atoms with van der Waals surface area (Å²) in [6, 6.07) is 1.88. The first-order chi connectivity index (χ1) is 8.19. The summed E-state index contributed by atoms with van der Waals surface area (Å²) in [4.78, 5) is 8.91. The molecule has 6 heteroatoms. The molecule has 0 spiro atoms. The van der Waals surface area contributed by atoms with Gasteiger partial charge in [0, 0.05) is 48.4 Å². The van der Waals surface area contributed by atoms with Crippen LogP contribution in [0.15, 0.2) is 6.07 Å². The lowest BCUT2D eigenvalue weighted by molar-refractivity contribution is 0.687. The van der Waals surface area contributed by atoms with Gasteiger partial charge in [0.1, 0.15) is 17.5 Å². The summed E-state index contributed by atoms with van der Waals surface area (Å²) in [6.07, 6.45) is 4.08. The van der Waals surface area contributed by atoms with E-state index >= 15 is 0 Å². The highest BCUT2D eigenvalue weighted by Gasteiger charge is 2.27. The summed E-state index contributed by atoms with van der Waals surface area (Å²) in [5.41, 5.74) is 0. The molecule has 5 nitrogen and oxygen atoms in total. The maximum Gasteiger partial charge on any atom is 0.136 e. The monoisotopic (exact) mass is 254 g/mol. The minimum Gasteiger partial charge on any atom is -0.373 e. The molecule has 1 aromatic rings. The highest BCUT2D eigenvalue weighted by atomic mass is 32.2. The molecule has 1 atom stereocenters. The standard InChI is InChI=1S/C11H18N4OS/c1-12-9-7-10(13-5-6-17(2)16)15-11(14-9)8-3-4-8/h7-8H,3-6H2,1-2H3,(H2,12,13,14,15). The van der Waals surface area contributed by atoms with Crippen molar-refractivity contribution < 1.29 is 4.21 Å². The Labute approximate surface area is 104 Å². The van der Waals surface area contributed by atoms with Crippen LogP contribution in [0.3, 0.4) is 0 Å². The topological polar surface area (TPSA) is 66.9 Å². The predicted molar refractivity (Wildman–Crippen MR) is 71.0 cm³/mol. The molecule has 1 saturated carbocycles. The summed E-state index contributed by atoms with van der Waals surface area (Å²) in [5, 5.41) is 6.23. The Kier molecular flexibility index (Phi) is 3.93. The molecule has 0 radical (unpaired) electrons. The van der Waals surface area contributed by atoms with Crippen LogP contribution in [-0.4, -0.2) is 39.8 Å².